The Balaban J connectivity index is 1.36. The Kier molecular flexibility index (Phi) is 4.59. The summed E-state index contributed by atoms with van der Waals surface area (Å²) >= 11 is 1.73. The van der Waals surface area contributed by atoms with Crippen molar-refractivity contribution < 1.29 is 9.59 Å². The molecule has 3 fully saturated rings. The van der Waals surface area contributed by atoms with E-state index in [1.54, 1.807) is 11.3 Å². The van der Waals surface area contributed by atoms with Crippen LogP contribution in [-0.2, 0) is 4.79 Å². The highest BCUT2D eigenvalue weighted by Crippen LogP contribution is 2.38. The fourth-order valence-corrected chi connectivity index (χ4v) is 6.10. The van der Waals surface area contributed by atoms with Crippen LogP contribution in [0, 0.1) is 0 Å². The van der Waals surface area contributed by atoms with Crippen molar-refractivity contribution in [3.05, 3.63) is 29.3 Å². The zero-order chi connectivity index (χ0) is 19.1. The molecule has 3 aliphatic rings. The summed E-state index contributed by atoms with van der Waals surface area (Å²) in [4.78, 5) is 34.5. The maximum Gasteiger partial charge on any atom is 0.326 e. The molecule has 1 N–H and O–H groups in total. The zero-order valence-electron chi connectivity index (χ0n) is 16.0. The fourth-order valence-electron chi connectivity index (χ4n) is 4.96. The number of rotatable bonds is 3. The van der Waals surface area contributed by atoms with Gasteiger partial charge in [0.05, 0.1) is 22.9 Å². The van der Waals surface area contributed by atoms with Gasteiger partial charge in [-0.3, -0.25) is 9.69 Å². The molecule has 1 aromatic carbocycles. The Morgan fingerprint density at radius 3 is 2.68 bits per heavy atom. The minimum atomic E-state index is -0.654. The Labute approximate surface area is 168 Å². The van der Waals surface area contributed by atoms with Gasteiger partial charge in [-0.25, -0.2) is 14.7 Å². The van der Waals surface area contributed by atoms with Crippen molar-refractivity contribution in [1.82, 2.24) is 20.1 Å². The number of carbonyl (C=O) groups is 2. The molecule has 1 saturated carbocycles. The molecule has 148 valence electrons. The number of amides is 3. The van der Waals surface area contributed by atoms with Crippen LogP contribution >= 0.6 is 11.3 Å². The maximum absolute atomic E-state index is 13.2. The van der Waals surface area contributed by atoms with Crippen molar-refractivity contribution in [2.45, 2.75) is 62.9 Å². The van der Waals surface area contributed by atoms with Crippen LogP contribution in [0.3, 0.4) is 0 Å². The number of fused-ring (bicyclic) bond motifs is 1. The van der Waals surface area contributed by atoms with E-state index in [1.807, 2.05) is 18.2 Å². The van der Waals surface area contributed by atoms with Gasteiger partial charge < -0.3 is 5.32 Å². The lowest BCUT2D eigenvalue weighted by atomic mass is 9.90. The number of urea groups is 1. The van der Waals surface area contributed by atoms with Crippen molar-refractivity contribution >= 4 is 33.5 Å². The first-order valence-electron chi connectivity index (χ1n) is 10.4. The summed E-state index contributed by atoms with van der Waals surface area (Å²) in [7, 11) is 0. The molecule has 1 aromatic heterocycles. The lowest BCUT2D eigenvalue weighted by Crippen LogP contribution is -2.47. The molecule has 5 rings (SSSR count). The highest BCUT2D eigenvalue weighted by atomic mass is 32.1. The molecular weight excluding hydrogens is 372 g/mol. The maximum atomic E-state index is 13.2. The average Bonchev–Trinajstić information content (AvgIpc) is 3.32. The lowest BCUT2D eigenvalue weighted by molar-refractivity contribution is -0.133. The predicted molar refractivity (Wildman–Crippen MR) is 109 cm³/mol. The van der Waals surface area contributed by atoms with Crippen LogP contribution in [0.25, 0.3) is 10.2 Å². The van der Waals surface area contributed by atoms with Gasteiger partial charge in [-0.2, -0.15) is 0 Å². The van der Waals surface area contributed by atoms with Gasteiger partial charge in [-0.05, 0) is 37.8 Å². The Hall–Kier alpha value is -1.99. The van der Waals surface area contributed by atoms with Gasteiger partial charge in [0, 0.05) is 6.54 Å². The number of likely N-dealkylation sites (tertiary alicyclic amines) is 1. The van der Waals surface area contributed by atoms with E-state index >= 15 is 0 Å². The van der Waals surface area contributed by atoms with Crippen LogP contribution in [0.2, 0.25) is 0 Å². The number of hydrogen-bond acceptors (Lipinski definition) is 5. The number of nitrogens with zero attached hydrogens (tertiary/aromatic N) is 3. The molecule has 1 atom stereocenters. The summed E-state index contributed by atoms with van der Waals surface area (Å²) in [6.45, 7) is 1.26. The summed E-state index contributed by atoms with van der Waals surface area (Å²) in [5, 5.41) is 4.15. The van der Waals surface area contributed by atoms with E-state index in [2.05, 4.69) is 16.3 Å². The summed E-state index contributed by atoms with van der Waals surface area (Å²) in [5.41, 5.74) is 0.375. The van der Waals surface area contributed by atoms with Gasteiger partial charge in [0.15, 0.2) is 0 Å². The first-order valence-corrected chi connectivity index (χ1v) is 11.2. The molecule has 1 aliphatic carbocycles. The fraction of sp³-hybridized carbons (Fsp3) is 0.571. The number of imide groups is 1. The summed E-state index contributed by atoms with van der Waals surface area (Å²) in [5.74, 6) is -0.0191. The minimum absolute atomic E-state index is 0.0191. The number of nitrogens with one attached hydrogen (secondary N) is 1. The lowest BCUT2D eigenvalue weighted by Gasteiger charge is -2.28. The smallest absolute Gasteiger partial charge is 0.323 e. The van der Waals surface area contributed by atoms with Crippen molar-refractivity contribution in [2.24, 2.45) is 0 Å². The molecule has 0 unspecified atom stereocenters. The molecule has 3 amide bonds. The van der Waals surface area contributed by atoms with Gasteiger partial charge in [0.2, 0.25) is 0 Å². The van der Waals surface area contributed by atoms with Gasteiger partial charge in [-0.15, -0.1) is 11.3 Å². The topological polar surface area (TPSA) is 65.5 Å². The van der Waals surface area contributed by atoms with E-state index in [-0.39, 0.29) is 18.0 Å². The summed E-state index contributed by atoms with van der Waals surface area (Å²) in [6, 6.07) is 8.16. The summed E-state index contributed by atoms with van der Waals surface area (Å²) in [6.07, 6.45) is 7.96. The predicted octanol–water partition coefficient (Wildman–Crippen LogP) is 4.04. The highest BCUT2D eigenvalue weighted by Gasteiger charge is 2.51. The van der Waals surface area contributed by atoms with E-state index in [0.717, 1.165) is 68.4 Å². The van der Waals surface area contributed by atoms with Gasteiger partial charge in [0.25, 0.3) is 5.91 Å². The third-order valence-corrected chi connectivity index (χ3v) is 7.62. The first kappa shape index (κ1) is 18.1. The van der Waals surface area contributed by atoms with Gasteiger partial charge >= 0.3 is 6.03 Å². The third kappa shape index (κ3) is 3.01. The molecule has 2 aliphatic heterocycles. The van der Waals surface area contributed by atoms with Crippen molar-refractivity contribution in [3.63, 3.8) is 0 Å². The number of aromatic nitrogens is 1. The van der Waals surface area contributed by atoms with Crippen LogP contribution in [0.5, 0.6) is 0 Å². The largest absolute Gasteiger partial charge is 0.326 e. The number of para-hydroxylation sites is 1. The minimum Gasteiger partial charge on any atom is -0.323 e. The average molecular weight is 399 g/mol. The highest BCUT2D eigenvalue weighted by molar-refractivity contribution is 7.18. The number of thiazole rings is 1. The van der Waals surface area contributed by atoms with Crippen LogP contribution < -0.4 is 5.32 Å². The van der Waals surface area contributed by atoms with Crippen LogP contribution in [0.4, 0.5) is 4.79 Å². The second-order valence-corrected chi connectivity index (χ2v) is 9.35. The van der Waals surface area contributed by atoms with Crippen LogP contribution in [-0.4, -0.2) is 45.5 Å². The van der Waals surface area contributed by atoms with E-state index in [1.165, 1.54) is 9.60 Å². The van der Waals surface area contributed by atoms with E-state index in [9.17, 15) is 9.59 Å². The Morgan fingerprint density at radius 1 is 1.11 bits per heavy atom. The van der Waals surface area contributed by atoms with E-state index in [0.29, 0.717) is 6.67 Å². The first-order chi connectivity index (χ1) is 13.7. The number of benzene rings is 1. The standard InChI is InChI=1S/C21H26N4O2S/c26-19-21(11-5-1-2-6-12-21)23-20(27)25(19)14-24-13-7-9-16(24)18-22-15-8-3-4-10-17(15)28-18/h3-4,8,10,16H,1-2,5-7,9,11-14H2,(H,23,27)/t16-/m1/s1. The van der Waals surface area contributed by atoms with Gasteiger partial charge in [-0.1, -0.05) is 37.8 Å². The SMILES string of the molecule is O=C1NC2(CCCCCC2)C(=O)N1CN1CCC[C@@H]1c1nc2ccccc2s1. The quantitative estimate of drug-likeness (QED) is 0.793. The molecule has 6 nitrogen and oxygen atoms in total. The second kappa shape index (κ2) is 7.12. The van der Waals surface area contributed by atoms with Crippen molar-refractivity contribution in [1.29, 1.82) is 0 Å². The Bertz CT molecular complexity index is 870. The molecular formula is C21H26N4O2S. The molecule has 0 bridgehead atoms. The summed E-state index contributed by atoms with van der Waals surface area (Å²) < 4.78 is 1.19. The molecule has 3 heterocycles. The monoisotopic (exact) mass is 398 g/mol. The van der Waals surface area contributed by atoms with Crippen molar-refractivity contribution in [2.75, 3.05) is 13.2 Å². The van der Waals surface area contributed by atoms with E-state index in [4.69, 9.17) is 4.98 Å². The number of carbonyl (C=O) groups excluding carboxylic acids is 2. The molecule has 0 radical (unpaired) electrons. The molecule has 2 saturated heterocycles. The normalized spacial score (nSPS) is 25.6. The van der Waals surface area contributed by atoms with E-state index < -0.39 is 5.54 Å². The van der Waals surface area contributed by atoms with Crippen LogP contribution in [0.15, 0.2) is 24.3 Å². The third-order valence-electron chi connectivity index (χ3n) is 6.49. The molecule has 28 heavy (non-hydrogen) atoms. The van der Waals surface area contributed by atoms with Gasteiger partial charge in [0.1, 0.15) is 10.5 Å². The zero-order valence-corrected chi connectivity index (χ0v) is 16.8. The van der Waals surface area contributed by atoms with Crippen LogP contribution in [0.1, 0.15) is 62.4 Å². The molecule has 7 heteroatoms. The number of hydrogen-bond donors (Lipinski definition) is 1. The second-order valence-electron chi connectivity index (χ2n) is 8.29. The molecule has 2 aromatic rings. The molecule has 1 spiro atoms. The van der Waals surface area contributed by atoms with Crippen molar-refractivity contribution in [3.8, 4) is 0 Å². The Morgan fingerprint density at radius 2 is 1.89 bits per heavy atom.